The first-order valence-electron chi connectivity index (χ1n) is 7.30. The molecule has 0 fully saturated rings. The summed E-state index contributed by atoms with van der Waals surface area (Å²) in [5.41, 5.74) is 3.87. The average molecular weight is 319 g/mol. The molecule has 0 bridgehead atoms. The van der Waals surface area contributed by atoms with E-state index >= 15 is 0 Å². The predicted octanol–water partition coefficient (Wildman–Crippen LogP) is 5.21. The Morgan fingerprint density at radius 1 is 0.696 bits per heavy atom. The van der Waals surface area contributed by atoms with Crippen LogP contribution in [0, 0.1) is 0 Å². The Bertz CT molecular complexity index is 766. The zero-order valence-electron chi connectivity index (χ0n) is 12.4. The molecule has 0 heterocycles. The molecule has 0 atom stereocenters. The minimum absolute atomic E-state index is 0.708. The van der Waals surface area contributed by atoms with E-state index in [4.69, 9.17) is 11.6 Å². The minimum atomic E-state index is 0.708. The zero-order valence-corrected chi connectivity index (χ0v) is 13.2. The lowest BCUT2D eigenvalue weighted by molar-refractivity contribution is 1.24. The SMILES string of the molecule is Clc1ccc(/C=N/N=C(c2ccccc2)c2ccccc2)cc1. The maximum atomic E-state index is 5.88. The summed E-state index contributed by atoms with van der Waals surface area (Å²) < 4.78 is 0. The summed E-state index contributed by atoms with van der Waals surface area (Å²) in [6, 6.07) is 27.6. The summed E-state index contributed by atoms with van der Waals surface area (Å²) in [5.74, 6) is 0. The van der Waals surface area contributed by atoms with Crippen LogP contribution in [0.2, 0.25) is 5.02 Å². The molecule has 3 aromatic carbocycles. The third-order valence-electron chi connectivity index (χ3n) is 3.33. The molecule has 0 saturated carbocycles. The van der Waals surface area contributed by atoms with Gasteiger partial charge in [0.2, 0.25) is 0 Å². The fraction of sp³-hybridized carbons (Fsp3) is 0. The lowest BCUT2D eigenvalue weighted by Crippen LogP contribution is -2.02. The van der Waals surface area contributed by atoms with Gasteiger partial charge in [-0.25, -0.2) is 0 Å². The van der Waals surface area contributed by atoms with Crippen molar-refractivity contribution in [2.45, 2.75) is 0 Å². The monoisotopic (exact) mass is 318 g/mol. The Balaban J connectivity index is 1.93. The second kappa shape index (κ2) is 7.52. The van der Waals surface area contributed by atoms with Crippen LogP contribution in [-0.4, -0.2) is 11.9 Å². The second-order valence-corrected chi connectivity index (χ2v) is 5.41. The molecule has 2 nitrogen and oxygen atoms in total. The van der Waals surface area contributed by atoms with E-state index in [0.717, 1.165) is 22.4 Å². The molecule has 3 aromatic rings. The maximum absolute atomic E-state index is 5.88. The largest absolute Gasteiger partial charge is 0.158 e. The van der Waals surface area contributed by atoms with Crippen molar-refractivity contribution in [1.82, 2.24) is 0 Å². The molecule has 0 spiro atoms. The standard InChI is InChI=1S/C20H15ClN2/c21-19-13-11-16(12-14-19)15-22-23-20(17-7-3-1-4-8-17)18-9-5-2-6-10-18/h1-15H/b22-15+. The van der Waals surface area contributed by atoms with E-state index in [-0.39, 0.29) is 0 Å². The first-order valence-corrected chi connectivity index (χ1v) is 7.68. The topological polar surface area (TPSA) is 24.7 Å². The van der Waals surface area contributed by atoms with Crippen LogP contribution in [0.15, 0.2) is 95.1 Å². The van der Waals surface area contributed by atoms with Crippen LogP contribution >= 0.6 is 11.6 Å². The van der Waals surface area contributed by atoms with Crippen LogP contribution in [0.4, 0.5) is 0 Å². The van der Waals surface area contributed by atoms with Crippen LogP contribution in [0.25, 0.3) is 0 Å². The quantitative estimate of drug-likeness (QED) is 0.466. The Morgan fingerprint density at radius 3 is 1.74 bits per heavy atom. The molecule has 3 rings (SSSR count). The molecule has 0 saturated heterocycles. The first kappa shape index (κ1) is 15.2. The first-order chi connectivity index (χ1) is 11.3. The molecule has 112 valence electrons. The highest BCUT2D eigenvalue weighted by atomic mass is 35.5. The van der Waals surface area contributed by atoms with Crippen molar-refractivity contribution in [3.8, 4) is 0 Å². The predicted molar refractivity (Wildman–Crippen MR) is 97.6 cm³/mol. The van der Waals surface area contributed by atoms with Crippen LogP contribution in [-0.2, 0) is 0 Å². The Morgan fingerprint density at radius 2 is 1.22 bits per heavy atom. The van der Waals surface area contributed by atoms with E-state index < -0.39 is 0 Å². The number of nitrogens with zero attached hydrogens (tertiary/aromatic N) is 2. The van der Waals surface area contributed by atoms with Gasteiger partial charge in [-0.2, -0.15) is 5.10 Å². The van der Waals surface area contributed by atoms with Gasteiger partial charge in [0, 0.05) is 16.1 Å². The van der Waals surface area contributed by atoms with E-state index in [1.54, 1.807) is 6.21 Å². The van der Waals surface area contributed by atoms with Crippen LogP contribution in [0.5, 0.6) is 0 Å². The van der Waals surface area contributed by atoms with E-state index in [9.17, 15) is 0 Å². The fourth-order valence-corrected chi connectivity index (χ4v) is 2.30. The Hall–Kier alpha value is -2.71. The highest BCUT2D eigenvalue weighted by molar-refractivity contribution is 6.30. The van der Waals surface area contributed by atoms with Crippen molar-refractivity contribution in [3.63, 3.8) is 0 Å². The fourth-order valence-electron chi connectivity index (χ4n) is 2.18. The summed E-state index contributed by atoms with van der Waals surface area (Å²) in [6.07, 6.45) is 1.72. The molecule has 0 aliphatic heterocycles. The number of hydrogen-bond acceptors (Lipinski definition) is 2. The van der Waals surface area contributed by atoms with Gasteiger partial charge >= 0.3 is 0 Å². The average Bonchev–Trinajstić information content (AvgIpc) is 2.62. The Labute approximate surface area is 140 Å². The molecule has 0 aromatic heterocycles. The lowest BCUT2D eigenvalue weighted by atomic mass is 10.0. The number of halogens is 1. The van der Waals surface area contributed by atoms with Gasteiger partial charge < -0.3 is 0 Å². The summed E-state index contributed by atoms with van der Waals surface area (Å²) in [5, 5.41) is 9.39. The van der Waals surface area contributed by atoms with Gasteiger partial charge in [-0.3, -0.25) is 0 Å². The highest BCUT2D eigenvalue weighted by Crippen LogP contribution is 2.12. The molecule has 0 aliphatic rings. The van der Waals surface area contributed by atoms with Crippen molar-refractivity contribution >= 4 is 23.5 Å². The number of benzene rings is 3. The number of rotatable bonds is 4. The van der Waals surface area contributed by atoms with Gasteiger partial charge in [-0.1, -0.05) is 84.4 Å². The maximum Gasteiger partial charge on any atom is 0.100 e. The zero-order chi connectivity index (χ0) is 15.9. The summed E-state index contributed by atoms with van der Waals surface area (Å²) >= 11 is 5.88. The van der Waals surface area contributed by atoms with Gasteiger partial charge in [0.15, 0.2) is 0 Å². The van der Waals surface area contributed by atoms with Crippen molar-refractivity contribution in [2.24, 2.45) is 10.2 Å². The second-order valence-electron chi connectivity index (χ2n) is 4.98. The van der Waals surface area contributed by atoms with E-state index in [1.807, 2.05) is 84.9 Å². The van der Waals surface area contributed by atoms with Crippen LogP contribution in [0.1, 0.15) is 16.7 Å². The smallest absolute Gasteiger partial charge is 0.100 e. The van der Waals surface area contributed by atoms with Gasteiger partial charge in [0.1, 0.15) is 5.71 Å². The van der Waals surface area contributed by atoms with Crippen LogP contribution < -0.4 is 0 Å². The summed E-state index contributed by atoms with van der Waals surface area (Å²) in [6.45, 7) is 0. The van der Waals surface area contributed by atoms with Crippen molar-refractivity contribution in [2.75, 3.05) is 0 Å². The molecule has 3 heteroatoms. The van der Waals surface area contributed by atoms with Crippen molar-refractivity contribution < 1.29 is 0 Å². The molecule has 0 N–H and O–H groups in total. The highest BCUT2D eigenvalue weighted by Gasteiger charge is 2.05. The normalized spacial score (nSPS) is 10.7. The summed E-state index contributed by atoms with van der Waals surface area (Å²) in [7, 11) is 0. The molecule has 0 radical (unpaired) electrons. The van der Waals surface area contributed by atoms with Gasteiger partial charge in [0.05, 0.1) is 6.21 Å². The molecule has 0 aliphatic carbocycles. The molecular weight excluding hydrogens is 304 g/mol. The van der Waals surface area contributed by atoms with E-state index in [2.05, 4.69) is 10.2 Å². The van der Waals surface area contributed by atoms with Gasteiger partial charge in [-0.15, -0.1) is 5.10 Å². The van der Waals surface area contributed by atoms with E-state index in [0.29, 0.717) is 5.02 Å². The molecule has 23 heavy (non-hydrogen) atoms. The molecule has 0 unspecified atom stereocenters. The van der Waals surface area contributed by atoms with Crippen molar-refractivity contribution in [1.29, 1.82) is 0 Å². The third kappa shape index (κ3) is 4.15. The van der Waals surface area contributed by atoms with Crippen LogP contribution in [0.3, 0.4) is 0 Å². The molecule has 0 amide bonds. The minimum Gasteiger partial charge on any atom is -0.158 e. The van der Waals surface area contributed by atoms with Gasteiger partial charge in [0.25, 0.3) is 0 Å². The lowest BCUT2D eigenvalue weighted by Gasteiger charge is -2.05. The van der Waals surface area contributed by atoms with E-state index in [1.165, 1.54) is 0 Å². The third-order valence-corrected chi connectivity index (χ3v) is 3.58. The summed E-state index contributed by atoms with van der Waals surface area (Å²) in [4.78, 5) is 0. The van der Waals surface area contributed by atoms with Crippen molar-refractivity contribution in [3.05, 3.63) is 107 Å². The van der Waals surface area contributed by atoms with Gasteiger partial charge in [-0.05, 0) is 17.7 Å². The molecular formula is C20H15ClN2. The Kier molecular flexibility index (Phi) is 4.97. The number of hydrogen-bond donors (Lipinski definition) is 0.